The van der Waals surface area contributed by atoms with Gasteiger partial charge in [-0.1, -0.05) is 62.7 Å². The summed E-state index contributed by atoms with van der Waals surface area (Å²) < 4.78 is 39.6. The van der Waals surface area contributed by atoms with Crippen molar-refractivity contribution in [3.8, 4) is 0 Å². The second-order valence-electron chi connectivity index (χ2n) is 16.7. The van der Waals surface area contributed by atoms with E-state index in [0.717, 1.165) is 32.1 Å². The number of alkyl carbamates (subject to hydrolysis) is 1. The first kappa shape index (κ1) is 39.3. The molecule has 0 unspecified atom stereocenters. The number of para-hydroxylation sites is 2. The fraction of sp³-hybridized carbons (Fsp3) is 0.537. The summed E-state index contributed by atoms with van der Waals surface area (Å²) in [6.07, 6.45) is 5.88. The lowest BCUT2D eigenvalue weighted by Crippen LogP contribution is -2.60. The minimum absolute atomic E-state index is 0.00171. The number of allylic oxidation sites excluding steroid dienone is 1. The van der Waals surface area contributed by atoms with Crippen LogP contribution in [0.15, 0.2) is 70.8 Å². The van der Waals surface area contributed by atoms with Gasteiger partial charge in [-0.2, -0.15) is 0 Å². The van der Waals surface area contributed by atoms with Crippen molar-refractivity contribution in [2.45, 2.75) is 120 Å². The van der Waals surface area contributed by atoms with E-state index < -0.39 is 74.1 Å². The Morgan fingerprint density at radius 1 is 0.982 bits per heavy atom. The van der Waals surface area contributed by atoms with Crippen LogP contribution in [0.2, 0.25) is 0 Å². The average Bonchev–Trinajstić information content (AvgIpc) is 4.09. The van der Waals surface area contributed by atoms with E-state index in [2.05, 4.69) is 27.1 Å². The molecule has 14 nitrogen and oxygen atoms in total. The topological polar surface area (TPSA) is 186 Å². The summed E-state index contributed by atoms with van der Waals surface area (Å²) in [6, 6.07) is 12.6. The Labute approximate surface area is 326 Å². The van der Waals surface area contributed by atoms with Gasteiger partial charge >= 0.3 is 6.09 Å². The molecule has 4 amide bonds. The largest absolute Gasteiger partial charge is 0.456 e. The van der Waals surface area contributed by atoms with Gasteiger partial charge in [-0.05, 0) is 87.0 Å². The van der Waals surface area contributed by atoms with Crippen LogP contribution in [0.25, 0.3) is 21.9 Å². The second kappa shape index (κ2) is 15.5. The predicted molar refractivity (Wildman–Crippen MR) is 208 cm³/mol. The smallest absolute Gasteiger partial charge is 0.408 e. The Hall–Kier alpha value is -4.92. The molecular weight excluding hydrogens is 739 g/mol. The third-order valence-corrected chi connectivity index (χ3v) is 13.2. The van der Waals surface area contributed by atoms with Crippen molar-refractivity contribution in [1.82, 2.24) is 20.3 Å². The Morgan fingerprint density at radius 2 is 1.62 bits per heavy atom. The van der Waals surface area contributed by atoms with Gasteiger partial charge < -0.3 is 29.5 Å². The third kappa shape index (κ3) is 8.28. The van der Waals surface area contributed by atoms with E-state index in [1.807, 2.05) is 69.3 Å². The van der Waals surface area contributed by atoms with Crippen LogP contribution in [0, 0.1) is 11.3 Å². The molecule has 3 saturated carbocycles. The number of benzene rings is 2. The number of fused-ring (bicyclic) bond motifs is 2. The van der Waals surface area contributed by atoms with Gasteiger partial charge in [0.1, 0.15) is 46.4 Å². The number of hydrogen-bond donors (Lipinski definition) is 3. The SMILES string of the molecule is C=CC[C@@H]1C[C@]1(NC(=O)[C@@H]1C[C@@H](ON=c2c3ccccc3oc3ccccc23)CN1C(=O)[C@@H](NC(=O)OC1CCCCC1)C(C)(C)C)C(=O)NS(=O)(=O)C1CC1. The lowest BCUT2D eigenvalue weighted by atomic mass is 9.85. The molecule has 300 valence electrons. The van der Waals surface area contributed by atoms with E-state index in [-0.39, 0.29) is 25.5 Å². The second-order valence-corrected chi connectivity index (χ2v) is 18.6. The third-order valence-electron chi connectivity index (χ3n) is 11.4. The number of carbonyl (C=O) groups is 4. The van der Waals surface area contributed by atoms with Gasteiger partial charge in [-0.3, -0.25) is 19.1 Å². The number of rotatable bonds is 12. The zero-order valence-corrected chi connectivity index (χ0v) is 32.9. The van der Waals surface area contributed by atoms with E-state index in [9.17, 15) is 27.6 Å². The first-order valence-corrected chi connectivity index (χ1v) is 21.1. The molecule has 56 heavy (non-hydrogen) atoms. The summed E-state index contributed by atoms with van der Waals surface area (Å²) in [4.78, 5) is 63.6. The van der Waals surface area contributed by atoms with E-state index >= 15 is 0 Å². The molecule has 1 aromatic heterocycles. The van der Waals surface area contributed by atoms with Crippen molar-refractivity contribution in [2.24, 2.45) is 16.5 Å². The number of nitrogens with one attached hydrogen (secondary N) is 3. The van der Waals surface area contributed by atoms with Crippen LogP contribution in [0.5, 0.6) is 0 Å². The number of hydrogen-bond acceptors (Lipinski definition) is 10. The highest BCUT2D eigenvalue weighted by atomic mass is 32.2. The molecule has 3 N–H and O–H groups in total. The minimum atomic E-state index is -3.90. The van der Waals surface area contributed by atoms with Gasteiger partial charge in [-0.25, -0.2) is 13.2 Å². The summed E-state index contributed by atoms with van der Waals surface area (Å²) in [7, 11) is -3.90. The summed E-state index contributed by atoms with van der Waals surface area (Å²) in [5.74, 6) is -2.39. The molecule has 5 atom stereocenters. The Morgan fingerprint density at radius 3 is 2.23 bits per heavy atom. The molecule has 4 aliphatic rings. The molecule has 0 bridgehead atoms. The quantitative estimate of drug-likeness (QED) is 0.130. The standard InChI is InChI=1S/C41H51N5O9S/c1-5-13-25-23-41(25,38(49)45-56(51,52)28-20-21-28)43-36(47)31-22-27(55-44-34-29-16-9-11-18-32(29)54-33-19-12-10-17-30(33)34)24-46(31)37(48)35(40(2,3)4)42-39(50)53-26-14-7-6-8-15-26/h5,9-12,16-19,25-28,31,35H,1,6-8,13-15,20-24H2,2-4H3,(H,42,50)(H,43,47)(H,45,49)/t25-,27-,31+,35-,41-/m1/s1. The maximum Gasteiger partial charge on any atom is 0.408 e. The molecule has 0 spiro atoms. The van der Waals surface area contributed by atoms with Gasteiger partial charge in [0.25, 0.3) is 5.91 Å². The highest BCUT2D eigenvalue weighted by Gasteiger charge is 2.62. The fourth-order valence-corrected chi connectivity index (χ4v) is 9.31. The lowest BCUT2D eigenvalue weighted by molar-refractivity contribution is -0.143. The molecule has 3 aliphatic carbocycles. The minimum Gasteiger partial charge on any atom is -0.456 e. The van der Waals surface area contributed by atoms with E-state index in [0.29, 0.717) is 46.6 Å². The van der Waals surface area contributed by atoms with Crippen LogP contribution in [0.4, 0.5) is 4.79 Å². The van der Waals surface area contributed by atoms with Crippen molar-refractivity contribution in [2.75, 3.05) is 6.54 Å². The van der Waals surface area contributed by atoms with Gasteiger partial charge in [0.15, 0.2) is 0 Å². The number of carbonyl (C=O) groups excluding carboxylic acids is 4. The molecule has 15 heteroatoms. The molecule has 7 rings (SSSR count). The van der Waals surface area contributed by atoms with Gasteiger partial charge in [0.2, 0.25) is 21.8 Å². The number of nitrogens with zero attached hydrogens (tertiary/aromatic N) is 2. The van der Waals surface area contributed by atoms with E-state index in [4.69, 9.17) is 14.0 Å². The van der Waals surface area contributed by atoms with Gasteiger partial charge in [-0.15, -0.1) is 6.58 Å². The molecular formula is C41H51N5O9S. The zero-order chi connectivity index (χ0) is 39.8. The van der Waals surface area contributed by atoms with Crippen molar-refractivity contribution >= 4 is 55.8 Å². The molecule has 4 fully saturated rings. The van der Waals surface area contributed by atoms with Crippen LogP contribution in [-0.2, 0) is 34.0 Å². The fourth-order valence-electron chi connectivity index (χ4n) is 7.95. The number of sulfonamides is 1. The van der Waals surface area contributed by atoms with Crippen LogP contribution in [-0.4, -0.2) is 78.8 Å². The van der Waals surface area contributed by atoms with Crippen LogP contribution >= 0.6 is 0 Å². The summed E-state index contributed by atoms with van der Waals surface area (Å²) in [5, 5.41) is 11.5. The van der Waals surface area contributed by atoms with Gasteiger partial charge in [0, 0.05) is 17.2 Å². The van der Waals surface area contributed by atoms with Crippen molar-refractivity contribution < 1.29 is 41.6 Å². The maximum absolute atomic E-state index is 14.7. The normalized spacial score (nSPS) is 24.6. The average molecular weight is 790 g/mol. The van der Waals surface area contributed by atoms with Crippen LogP contribution < -0.4 is 20.7 Å². The maximum atomic E-state index is 14.7. The summed E-state index contributed by atoms with van der Waals surface area (Å²) >= 11 is 0. The molecule has 2 heterocycles. The number of amides is 4. The Balaban J connectivity index is 1.19. The summed E-state index contributed by atoms with van der Waals surface area (Å²) in [5.41, 5.74) is -1.12. The van der Waals surface area contributed by atoms with E-state index in [1.165, 1.54) is 4.90 Å². The van der Waals surface area contributed by atoms with Crippen LogP contribution in [0.1, 0.15) is 85.0 Å². The van der Waals surface area contributed by atoms with Crippen molar-refractivity contribution in [3.63, 3.8) is 0 Å². The first-order valence-electron chi connectivity index (χ1n) is 19.6. The monoisotopic (exact) mass is 789 g/mol. The molecule has 1 aliphatic heterocycles. The van der Waals surface area contributed by atoms with Gasteiger partial charge in [0.05, 0.1) is 11.8 Å². The molecule has 0 radical (unpaired) electrons. The zero-order valence-electron chi connectivity index (χ0n) is 32.1. The first-order chi connectivity index (χ1) is 26.7. The number of likely N-dealkylation sites (tertiary alicyclic amines) is 1. The van der Waals surface area contributed by atoms with Crippen molar-refractivity contribution in [3.05, 3.63) is 66.5 Å². The van der Waals surface area contributed by atoms with Crippen molar-refractivity contribution in [1.29, 1.82) is 0 Å². The highest BCUT2D eigenvalue weighted by Crippen LogP contribution is 2.47. The van der Waals surface area contributed by atoms with E-state index in [1.54, 1.807) is 6.08 Å². The van der Waals surface area contributed by atoms with Crippen LogP contribution in [0.3, 0.4) is 0 Å². The Kier molecular flexibility index (Phi) is 10.9. The highest BCUT2D eigenvalue weighted by molar-refractivity contribution is 7.91. The summed E-state index contributed by atoms with van der Waals surface area (Å²) in [6.45, 7) is 9.14. The molecule has 1 saturated heterocycles. The number of ether oxygens (including phenoxy) is 1. The molecule has 3 aromatic rings. The predicted octanol–water partition coefficient (Wildman–Crippen LogP) is 4.92. The Bertz CT molecular complexity index is 2150. The molecule has 2 aromatic carbocycles. The lowest BCUT2D eigenvalue weighted by Gasteiger charge is -2.35.